The van der Waals surface area contributed by atoms with Gasteiger partial charge in [0.25, 0.3) is 0 Å². The standard InChI is InChI=1S/C32H34N4O4.Na/c1-22-15-17-34-29(18-22)33-16-5-4-8-30(37)35-21-31(38)36-28(20-32(39)40)25-12-9-24(10-13-25)27-14-11-23-6-2-3-7-26(23)19-27;/h2-3,6-7,9-15,17-19,28H,4-5,8,16,20-21H2,1H3,(H,33,34)(H,35,37)(H,36,38)(H,39,40);. The van der Waals surface area contributed by atoms with Crippen LogP contribution in [0, 0.1) is 6.92 Å². The fourth-order valence-corrected chi connectivity index (χ4v) is 4.48. The summed E-state index contributed by atoms with van der Waals surface area (Å²) in [6.07, 6.45) is 3.23. The molecular formula is C32H34N4NaO4. The van der Waals surface area contributed by atoms with Crippen molar-refractivity contribution in [3.05, 3.63) is 96.2 Å². The number of aromatic nitrogens is 1. The Morgan fingerprint density at radius 3 is 2.32 bits per heavy atom. The van der Waals surface area contributed by atoms with Crippen molar-refractivity contribution >= 4 is 63.9 Å². The van der Waals surface area contributed by atoms with E-state index in [4.69, 9.17) is 0 Å². The van der Waals surface area contributed by atoms with Gasteiger partial charge < -0.3 is 21.1 Å². The van der Waals surface area contributed by atoms with Crippen LogP contribution in [0.2, 0.25) is 0 Å². The maximum Gasteiger partial charge on any atom is 0.305 e. The molecule has 4 rings (SSSR count). The maximum atomic E-state index is 12.6. The first-order valence-electron chi connectivity index (χ1n) is 13.4. The molecule has 0 saturated heterocycles. The number of carboxylic acid groups (broad SMARTS) is 1. The molecule has 0 saturated carbocycles. The van der Waals surface area contributed by atoms with Crippen LogP contribution < -0.4 is 16.0 Å². The summed E-state index contributed by atoms with van der Waals surface area (Å²) in [5, 5.41) is 20.3. The Hall–Kier alpha value is -3.72. The van der Waals surface area contributed by atoms with Crippen LogP contribution in [0.15, 0.2) is 85.1 Å². The van der Waals surface area contributed by atoms with Gasteiger partial charge in [0.1, 0.15) is 5.82 Å². The van der Waals surface area contributed by atoms with Crippen molar-refractivity contribution in [2.24, 2.45) is 0 Å². The smallest absolute Gasteiger partial charge is 0.305 e. The molecule has 8 nitrogen and oxygen atoms in total. The van der Waals surface area contributed by atoms with Crippen molar-refractivity contribution < 1.29 is 19.5 Å². The Balaban J connectivity index is 0.00000462. The zero-order valence-corrected chi connectivity index (χ0v) is 25.5. The number of aliphatic carboxylic acids is 1. The number of amides is 2. The second-order valence-electron chi connectivity index (χ2n) is 9.78. The molecule has 9 heteroatoms. The largest absolute Gasteiger partial charge is 0.481 e. The van der Waals surface area contributed by atoms with Crippen molar-refractivity contribution in [3.63, 3.8) is 0 Å². The number of benzene rings is 3. The van der Waals surface area contributed by atoms with E-state index < -0.39 is 17.9 Å². The first-order chi connectivity index (χ1) is 19.4. The topological polar surface area (TPSA) is 120 Å². The minimum atomic E-state index is -1.03. The third-order valence-electron chi connectivity index (χ3n) is 6.61. The monoisotopic (exact) mass is 561 g/mol. The van der Waals surface area contributed by atoms with Gasteiger partial charge in [-0.25, -0.2) is 4.98 Å². The summed E-state index contributed by atoms with van der Waals surface area (Å²) >= 11 is 0. The Labute approximate surface area is 262 Å². The van der Waals surface area contributed by atoms with Gasteiger partial charge in [-0.05, 0) is 71.0 Å². The van der Waals surface area contributed by atoms with Crippen LogP contribution in [0.3, 0.4) is 0 Å². The summed E-state index contributed by atoms with van der Waals surface area (Å²) in [6.45, 7) is 2.48. The van der Waals surface area contributed by atoms with Crippen LogP contribution in [-0.2, 0) is 14.4 Å². The quantitative estimate of drug-likeness (QED) is 0.137. The first kappa shape index (κ1) is 31.8. The molecule has 1 unspecified atom stereocenters. The molecule has 41 heavy (non-hydrogen) atoms. The molecule has 2 amide bonds. The van der Waals surface area contributed by atoms with Gasteiger partial charge in [-0.3, -0.25) is 14.4 Å². The molecule has 4 aromatic rings. The number of fused-ring (bicyclic) bond motifs is 1. The first-order valence-corrected chi connectivity index (χ1v) is 13.4. The molecule has 1 aromatic heterocycles. The van der Waals surface area contributed by atoms with E-state index in [1.54, 1.807) is 6.20 Å². The van der Waals surface area contributed by atoms with Gasteiger partial charge in [-0.1, -0.05) is 60.7 Å². The van der Waals surface area contributed by atoms with Crippen LogP contribution in [-0.4, -0.2) is 70.5 Å². The zero-order valence-electron chi connectivity index (χ0n) is 23.5. The Kier molecular flexibility index (Phi) is 12.3. The van der Waals surface area contributed by atoms with Gasteiger partial charge >= 0.3 is 5.97 Å². The summed E-state index contributed by atoms with van der Waals surface area (Å²) in [7, 11) is 0. The normalized spacial score (nSPS) is 11.2. The molecule has 4 N–H and O–H groups in total. The van der Waals surface area contributed by atoms with Gasteiger partial charge in [0.2, 0.25) is 11.8 Å². The van der Waals surface area contributed by atoms with Crippen LogP contribution >= 0.6 is 0 Å². The van der Waals surface area contributed by atoms with Crippen LogP contribution in [0.5, 0.6) is 0 Å². The molecule has 0 spiro atoms. The second-order valence-corrected chi connectivity index (χ2v) is 9.78. The molecule has 207 valence electrons. The molecular weight excluding hydrogens is 527 g/mol. The van der Waals surface area contributed by atoms with Crippen LogP contribution in [0.1, 0.15) is 42.9 Å². The molecule has 0 aliphatic rings. The molecule has 0 aliphatic heterocycles. The summed E-state index contributed by atoms with van der Waals surface area (Å²) < 4.78 is 0. The predicted octanol–water partition coefficient (Wildman–Crippen LogP) is 4.86. The van der Waals surface area contributed by atoms with E-state index in [1.807, 2.05) is 61.5 Å². The van der Waals surface area contributed by atoms with Crippen molar-refractivity contribution in [1.82, 2.24) is 15.6 Å². The number of aryl methyl sites for hydroxylation is 1. The average molecular weight is 562 g/mol. The average Bonchev–Trinajstić information content (AvgIpc) is 2.95. The molecule has 3 aromatic carbocycles. The second kappa shape index (κ2) is 15.9. The molecule has 0 fully saturated rings. The minimum Gasteiger partial charge on any atom is -0.481 e. The number of carboxylic acids is 1. The van der Waals surface area contributed by atoms with Gasteiger partial charge in [-0.15, -0.1) is 0 Å². The van der Waals surface area contributed by atoms with Gasteiger partial charge in [0, 0.05) is 48.7 Å². The number of unbranched alkanes of at least 4 members (excludes halogenated alkanes) is 1. The summed E-state index contributed by atoms with van der Waals surface area (Å²) in [4.78, 5) is 40.5. The number of anilines is 1. The SMILES string of the molecule is Cc1ccnc(NCCCCC(=O)NCC(=O)NC(CC(=O)O)c2ccc(-c3ccc4ccccc4c3)cc2)c1.[Na]. The van der Waals surface area contributed by atoms with E-state index in [0.717, 1.165) is 39.7 Å². The van der Waals surface area contributed by atoms with E-state index >= 15 is 0 Å². The maximum absolute atomic E-state index is 12.6. The fraction of sp³-hybridized carbons (Fsp3) is 0.250. The van der Waals surface area contributed by atoms with E-state index in [9.17, 15) is 19.5 Å². The van der Waals surface area contributed by atoms with Gasteiger partial charge in [0.05, 0.1) is 19.0 Å². The molecule has 1 heterocycles. The van der Waals surface area contributed by atoms with Crippen molar-refractivity contribution in [1.29, 1.82) is 0 Å². The number of pyridine rings is 1. The number of nitrogens with one attached hydrogen (secondary N) is 3. The molecule has 0 aliphatic carbocycles. The number of rotatable bonds is 13. The summed E-state index contributed by atoms with van der Waals surface area (Å²) in [5.74, 6) is -0.883. The number of carbonyl (C=O) groups is 3. The Bertz CT molecular complexity index is 1480. The Morgan fingerprint density at radius 1 is 0.854 bits per heavy atom. The number of hydrogen-bond donors (Lipinski definition) is 4. The Morgan fingerprint density at radius 2 is 1.59 bits per heavy atom. The van der Waals surface area contributed by atoms with Crippen LogP contribution in [0.25, 0.3) is 21.9 Å². The van der Waals surface area contributed by atoms with Gasteiger partial charge in [0.15, 0.2) is 0 Å². The third kappa shape index (κ3) is 10.0. The van der Waals surface area contributed by atoms with E-state index in [0.29, 0.717) is 24.9 Å². The van der Waals surface area contributed by atoms with E-state index in [1.165, 1.54) is 0 Å². The third-order valence-corrected chi connectivity index (χ3v) is 6.61. The fourth-order valence-electron chi connectivity index (χ4n) is 4.48. The molecule has 1 radical (unpaired) electrons. The van der Waals surface area contributed by atoms with Crippen molar-refractivity contribution in [2.75, 3.05) is 18.4 Å². The number of hydrogen-bond acceptors (Lipinski definition) is 5. The van der Waals surface area contributed by atoms with E-state index in [-0.39, 0.29) is 48.4 Å². The molecule has 1 atom stereocenters. The molecule has 0 bridgehead atoms. The van der Waals surface area contributed by atoms with Crippen molar-refractivity contribution in [3.8, 4) is 11.1 Å². The predicted molar refractivity (Wildman–Crippen MR) is 163 cm³/mol. The minimum absolute atomic E-state index is 0. The summed E-state index contributed by atoms with van der Waals surface area (Å²) in [6, 6.07) is 25.0. The summed E-state index contributed by atoms with van der Waals surface area (Å²) in [5.41, 5.74) is 3.85. The van der Waals surface area contributed by atoms with Crippen LogP contribution in [0.4, 0.5) is 5.82 Å². The number of nitrogens with zero attached hydrogens (tertiary/aromatic N) is 1. The zero-order chi connectivity index (χ0) is 28.3. The number of carbonyl (C=O) groups excluding carboxylic acids is 2. The van der Waals surface area contributed by atoms with E-state index in [2.05, 4.69) is 45.2 Å². The van der Waals surface area contributed by atoms with Crippen molar-refractivity contribution in [2.45, 2.75) is 38.6 Å². The van der Waals surface area contributed by atoms with Gasteiger partial charge in [-0.2, -0.15) is 0 Å².